The third-order valence-corrected chi connectivity index (χ3v) is 4.72. The van der Waals surface area contributed by atoms with Crippen LogP contribution in [0.15, 0.2) is 35.7 Å². The van der Waals surface area contributed by atoms with Crippen molar-refractivity contribution in [3.63, 3.8) is 0 Å². The van der Waals surface area contributed by atoms with Crippen molar-refractivity contribution >= 4 is 34.5 Å². The Hall–Kier alpha value is -2.18. The molecule has 5 nitrogen and oxygen atoms in total. The van der Waals surface area contributed by atoms with Gasteiger partial charge in [-0.3, -0.25) is 9.59 Å². The number of hydrogen-bond acceptors (Lipinski definition) is 4. The predicted molar refractivity (Wildman–Crippen MR) is 91.1 cm³/mol. The van der Waals surface area contributed by atoms with E-state index in [0.717, 1.165) is 18.4 Å². The highest BCUT2D eigenvalue weighted by Crippen LogP contribution is 2.20. The van der Waals surface area contributed by atoms with Crippen LogP contribution < -0.4 is 10.6 Å². The Morgan fingerprint density at radius 2 is 1.83 bits per heavy atom. The summed E-state index contributed by atoms with van der Waals surface area (Å²) < 4.78 is 5.35. The molecular formula is C17H18N2O3S. The molecule has 0 unspecified atom stereocenters. The second-order valence-electron chi connectivity index (χ2n) is 5.46. The highest BCUT2D eigenvalue weighted by Gasteiger charge is 2.23. The number of anilines is 2. The van der Waals surface area contributed by atoms with Gasteiger partial charge >= 0.3 is 0 Å². The van der Waals surface area contributed by atoms with Gasteiger partial charge < -0.3 is 15.4 Å². The molecule has 1 atom stereocenters. The topological polar surface area (TPSA) is 67.4 Å². The van der Waals surface area contributed by atoms with Gasteiger partial charge in [0.2, 0.25) is 0 Å². The van der Waals surface area contributed by atoms with Gasteiger partial charge in [-0.05, 0) is 61.0 Å². The van der Waals surface area contributed by atoms with Crippen LogP contribution in [0.3, 0.4) is 0 Å². The zero-order valence-electron chi connectivity index (χ0n) is 12.8. The monoisotopic (exact) mass is 330 g/mol. The van der Waals surface area contributed by atoms with Crippen molar-refractivity contribution in [3.05, 3.63) is 46.2 Å². The normalized spacial score (nSPS) is 17.0. The fourth-order valence-electron chi connectivity index (χ4n) is 2.44. The molecular weight excluding hydrogens is 312 g/mol. The maximum absolute atomic E-state index is 12.1. The van der Waals surface area contributed by atoms with Gasteiger partial charge in [0.15, 0.2) is 0 Å². The second-order valence-corrected chi connectivity index (χ2v) is 6.37. The summed E-state index contributed by atoms with van der Waals surface area (Å²) in [6.07, 6.45) is 1.34. The van der Waals surface area contributed by atoms with Gasteiger partial charge in [-0.15, -0.1) is 11.3 Å². The number of carbonyl (C=O) groups excluding carboxylic acids is 2. The Kier molecular flexibility index (Phi) is 4.73. The van der Waals surface area contributed by atoms with E-state index in [4.69, 9.17) is 4.74 Å². The average Bonchev–Trinajstić information content (AvgIpc) is 3.20. The van der Waals surface area contributed by atoms with Gasteiger partial charge in [-0.2, -0.15) is 0 Å². The fraction of sp³-hybridized carbons (Fsp3) is 0.294. The minimum absolute atomic E-state index is 0.117. The maximum Gasteiger partial charge on any atom is 0.265 e. The molecule has 0 spiro atoms. The third-order valence-electron chi connectivity index (χ3n) is 3.70. The Bertz CT molecular complexity index is 703. The lowest BCUT2D eigenvalue weighted by molar-refractivity contribution is -0.124. The van der Waals surface area contributed by atoms with Crippen LogP contribution >= 0.6 is 11.3 Å². The van der Waals surface area contributed by atoms with E-state index >= 15 is 0 Å². The summed E-state index contributed by atoms with van der Waals surface area (Å²) in [5, 5.41) is 7.58. The molecule has 0 saturated carbocycles. The number of benzene rings is 1. The lowest BCUT2D eigenvalue weighted by atomic mass is 10.2. The molecule has 2 N–H and O–H groups in total. The number of amides is 2. The summed E-state index contributed by atoms with van der Waals surface area (Å²) in [7, 11) is 0. The van der Waals surface area contributed by atoms with E-state index in [1.54, 1.807) is 24.3 Å². The first kappa shape index (κ1) is 15.7. The molecule has 1 saturated heterocycles. The number of ether oxygens (including phenoxy) is 1. The molecule has 0 aliphatic carbocycles. The van der Waals surface area contributed by atoms with Crippen molar-refractivity contribution in [1.29, 1.82) is 0 Å². The van der Waals surface area contributed by atoms with E-state index in [2.05, 4.69) is 10.6 Å². The molecule has 1 aliphatic heterocycles. The summed E-state index contributed by atoms with van der Waals surface area (Å²) in [6, 6.07) is 8.99. The molecule has 6 heteroatoms. The van der Waals surface area contributed by atoms with Crippen LogP contribution in [0.5, 0.6) is 0 Å². The highest BCUT2D eigenvalue weighted by atomic mass is 32.1. The standard InChI is InChI=1S/C17H18N2O3S/c1-11-8-10-23-15(11)17(21)19-13-6-4-12(5-7-13)18-16(20)14-3-2-9-22-14/h4-8,10,14H,2-3,9H2,1H3,(H,18,20)(H,19,21)/t14-/m1/s1. The van der Waals surface area contributed by atoms with E-state index in [1.165, 1.54) is 11.3 Å². The molecule has 1 aromatic heterocycles. The molecule has 2 aromatic rings. The molecule has 0 radical (unpaired) electrons. The van der Waals surface area contributed by atoms with Crippen LogP contribution in [0.1, 0.15) is 28.1 Å². The van der Waals surface area contributed by atoms with Crippen LogP contribution in [-0.2, 0) is 9.53 Å². The second kappa shape index (κ2) is 6.93. The van der Waals surface area contributed by atoms with E-state index in [0.29, 0.717) is 22.9 Å². The molecule has 2 heterocycles. The van der Waals surface area contributed by atoms with Crippen LogP contribution in [0, 0.1) is 6.92 Å². The molecule has 1 fully saturated rings. The van der Waals surface area contributed by atoms with E-state index in [9.17, 15) is 9.59 Å². The van der Waals surface area contributed by atoms with Crippen molar-refractivity contribution in [3.8, 4) is 0 Å². The van der Waals surface area contributed by atoms with E-state index < -0.39 is 0 Å². The smallest absolute Gasteiger partial charge is 0.265 e. The zero-order chi connectivity index (χ0) is 16.2. The summed E-state index contributed by atoms with van der Waals surface area (Å²) in [6.45, 7) is 2.56. The molecule has 1 aliphatic rings. The first-order chi connectivity index (χ1) is 11.1. The summed E-state index contributed by atoms with van der Waals surface area (Å²) in [5.74, 6) is -0.234. The van der Waals surface area contributed by atoms with E-state index in [-0.39, 0.29) is 17.9 Å². The number of aryl methyl sites for hydroxylation is 1. The van der Waals surface area contributed by atoms with Crippen molar-refractivity contribution in [2.45, 2.75) is 25.9 Å². The summed E-state index contributed by atoms with van der Waals surface area (Å²) >= 11 is 1.42. The number of rotatable bonds is 4. The minimum atomic E-state index is -0.351. The molecule has 2 amide bonds. The van der Waals surface area contributed by atoms with Crippen molar-refractivity contribution in [2.75, 3.05) is 17.2 Å². The van der Waals surface area contributed by atoms with Gasteiger partial charge in [-0.1, -0.05) is 0 Å². The molecule has 1 aromatic carbocycles. The maximum atomic E-state index is 12.1. The molecule has 120 valence electrons. The summed E-state index contributed by atoms with van der Waals surface area (Å²) in [4.78, 5) is 24.8. The lowest BCUT2D eigenvalue weighted by Gasteiger charge is -2.11. The largest absolute Gasteiger partial charge is 0.368 e. The first-order valence-corrected chi connectivity index (χ1v) is 8.39. The minimum Gasteiger partial charge on any atom is -0.368 e. The SMILES string of the molecule is Cc1ccsc1C(=O)Nc1ccc(NC(=O)[C@H]2CCCO2)cc1. The molecule has 0 bridgehead atoms. The van der Waals surface area contributed by atoms with Gasteiger partial charge in [0.05, 0.1) is 4.88 Å². The highest BCUT2D eigenvalue weighted by molar-refractivity contribution is 7.12. The van der Waals surface area contributed by atoms with Crippen molar-refractivity contribution in [1.82, 2.24) is 0 Å². The number of nitrogens with one attached hydrogen (secondary N) is 2. The van der Waals surface area contributed by atoms with Crippen molar-refractivity contribution < 1.29 is 14.3 Å². The quantitative estimate of drug-likeness (QED) is 0.902. The molecule has 3 rings (SSSR count). The van der Waals surface area contributed by atoms with Gasteiger partial charge in [-0.25, -0.2) is 0 Å². The van der Waals surface area contributed by atoms with Crippen LogP contribution in [0.4, 0.5) is 11.4 Å². The number of hydrogen-bond donors (Lipinski definition) is 2. The van der Waals surface area contributed by atoms with Crippen molar-refractivity contribution in [2.24, 2.45) is 0 Å². The number of carbonyl (C=O) groups is 2. The lowest BCUT2D eigenvalue weighted by Crippen LogP contribution is -2.26. The van der Waals surface area contributed by atoms with Crippen LogP contribution in [0.2, 0.25) is 0 Å². The number of thiophene rings is 1. The first-order valence-electron chi connectivity index (χ1n) is 7.51. The third kappa shape index (κ3) is 3.78. The van der Waals surface area contributed by atoms with E-state index in [1.807, 2.05) is 18.4 Å². The van der Waals surface area contributed by atoms with Gasteiger partial charge in [0.1, 0.15) is 6.10 Å². The van der Waals surface area contributed by atoms with Crippen LogP contribution in [0.25, 0.3) is 0 Å². The Balaban J connectivity index is 1.59. The Morgan fingerprint density at radius 1 is 1.13 bits per heavy atom. The fourth-order valence-corrected chi connectivity index (χ4v) is 3.26. The Morgan fingerprint density at radius 3 is 2.39 bits per heavy atom. The Labute approximate surface area is 138 Å². The molecule has 23 heavy (non-hydrogen) atoms. The summed E-state index contributed by atoms with van der Waals surface area (Å²) in [5.41, 5.74) is 2.35. The van der Waals surface area contributed by atoms with Gasteiger partial charge in [0.25, 0.3) is 11.8 Å². The van der Waals surface area contributed by atoms with Gasteiger partial charge in [0, 0.05) is 18.0 Å². The predicted octanol–water partition coefficient (Wildman–Crippen LogP) is 3.43. The zero-order valence-corrected chi connectivity index (χ0v) is 13.6. The average molecular weight is 330 g/mol. The van der Waals surface area contributed by atoms with Crippen LogP contribution in [-0.4, -0.2) is 24.5 Å².